The van der Waals surface area contributed by atoms with Crippen molar-refractivity contribution < 1.29 is 19.4 Å². The number of ether oxygens (including phenoxy) is 1. The highest BCUT2D eigenvalue weighted by molar-refractivity contribution is 9.10. The quantitative estimate of drug-likeness (QED) is 0.321. The molecule has 162 valence electrons. The molecule has 2 aliphatic rings. The largest absolute Gasteiger partial charge is 0.507 e. The van der Waals surface area contributed by atoms with E-state index in [1.165, 1.54) is 0 Å². The van der Waals surface area contributed by atoms with Gasteiger partial charge in [-0.25, -0.2) is 0 Å². The normalized spacial score (nSPS) is 21.5. The summed E-state index contributed by atoms with van der Waals surface area (Å²) in [6.07, 6.45) is 4.88. The minimum Gasteiger partial charge on any atom is -0.507 e. The molecule has 0 bridgehead atoms. The lowest BCUT2D eigenvalue weighted by molar-refractivity contribution is -0.141. The summed E-state index contributed by atoms with van der Waals surface area (Å²) in [5, 5.41) is 11.8. The third-order valence-electron chi connectivity index (χ3n) is 6.06. The van der Waals surface area contributed by atoms with E-state index in [1.54, 1.807) is 42.3 Å². The van der Waals surface area contributed by atoms with Crippen molar-refractivity contribution in [2.75, 3.05) is 7.11 Å². The van der Waals surface area contributed by atoms with Crippen LogP contribution in [0.1, 0.15) is 49.3 Å². The van der Waals surface area contributed by atoms with E-state index in [2.05, 4.69) is 15.9 Å². The summed E-state index contributed by atoms with van der Waals surface area (Å²) in [7, 11) is 1.55. The number of halogens is 2. The first kappa shape index (κ1) is 21.9. The Morgan fingerprint density at radius 1 is 1.10 bits per heavy atom. The van der Waals surface area contributed by atoms with Gasteiger partial charge in [-0.2, -0.15) is 0 Å². The molecule has 1 heterocycles. The predicted molar refractivity (Wildman–Crippen MR) is 123 cm³/mol. The molecular weight excluding hydrogens is 482 g/mol. The molecule has 1 amide bonds. The van der Waals surface area contributed by atoms with E-state index in [-0.39, 0.29) is 17.4 Å². The number of benzene rings is 2. The summed E-state index contributed by atoms with van der Waals surface area (Å²) in [6, 6.07) is 11.5. The van der Waals surface area contributed by atoms with E-state index in [0.29, 0.717) is 20.8 Å². The van der Waals surface area contributed by atoms with Crippen molar-refractivity contribution in [3.05, 3.63) is 68.7 Å². The molecule has 1 unspecified atom stereocenters. The van der Waals surface area contributed by atoms with Gasteiger partial charge in [-0.15, -0.1) is 0 Å². The first-order chi connectivity index (χ1) is 14.9. The van der Waals surface area contributed by atoms with Crippen LogP contribution < -0.4 is 4.74 Å². The van der Waals surface area contributed by atoms with Gasteiger partial charge in [0, 0.05) is 16.6 Å². The lowest BCUT2D eigenvalue weighted by Crippen LogP contribution is -2.40. The third-order valence-corrected chi connectivity index (χ3v) is 6.93. The second-order valence-corrected chi connectivity index (χ2v) is 9.19. The Labute approximate surface area is 194 Å². The van der Waals surface area contributed by atoms with Crippen LogP contribution in [0, 0.1) is 0 Å². The highest BCUT2D eigenvalue weighted by Crippen LogP contribution is 2.43. The molecule has 1 aliphatic carbocycles. The number of carbonyl (C=O) groups is 2. The number of Topliss-reactive ketones (excluding diaryl/α,β-unsaturated/α-hetero) is 1. The molecule has 0 radical (unpaired) electrons. The number of hydrogen-bond donors (Lipinski definition) is 1. The van der Waals surface area contributed by atoms with Gasteiger partial charge >= 0.3 is 0 Å². The number of amides is 1. The van der Waals surface area contributed by atoms with Gasteiger partial charge in [-0.05, 0) is 64.7 Å². The van der Waals surface area contributed by atoms with Crippen LogP contribution in [-0.4, -0.2) is 34.8 Å². The minimum absolute atomic E-state index is 0.0289. The van der Waals surface area contributed by atoms with Crippen molar-refractivity contribution in [2.24, 2.45) is 0 Å². The second-order valence-electron chi connectivity index (χ2n) is 7.90. The van der Waals surface area contributed by atoms with Crippen molar-refractivity contribution >= 4 is 45.0 Å². The Balaban J connectivity index is 1.86. The fourth-order valence-corrected chi connectivity index (χ4v) is 5.19. The number of hydrogen-bond acceptors (Lipinski definition) is 4. The van der Waals surface area contributed by atoms with Crippen LogP contribution >= 0.6 is 27.5 Å². The maximum atomic E-state index is 13.2. The van der Waals surface area contributed by atoms with Crippen molar-refractivity contribution in [3.63, 3.8) is 0 Å². The monoisotopic (exact) mass is 503 g/mol. The van der Waals surface area contributed by atoms with Crippen LogP contribution in [0.4, 0.5) is 0 Å². The highest BCUT2D eigenvalue weighted by Gasteiger charge is 2.48. The van der Waals surface area contributed by atoms with Gasteiger partial charge < -0.3 is 14.7 Å². The molecule has 2 fully saturated rings. The van der Waals surface area contributed by atoms with Gasteiger partial charge in [-0.1, -0.05) is 43.0 Å². The number of aliphatic hydroxyl groups is 1. The zero-order valence-electron chi connectivity index (χ0n) is 17.1. The molecule has 1 saturated heterocycles. The second kappa shape index (κ2) is 9.05. The number of likely N-dealkylation sites (tertiary alicyclic amines) is 1. The van der Waals surface area contributed by atoms with E-state index in [1.807, 2.05) is 12.1 Å². The van der Waals surface area contributed by atoms with Crippen LogP contribution in [0.25, 0.3) is 5.76 Å². The van der Waals surface area contributed by atoms with Gasteiger partial charge in [0.15, 0.2) is 0 Å². The minimum atomic E-state index is -0.657. The van der Waals surface area contributed by atoms with Crippen molar-refractivity contribution in [1.82, 2.24) is 4.90 Å². The number of methoxy groups -OCH3 is 1. The third kappa shape index (κ3) is 4.11. The maximum Gasteiger partial charge on any atom is 0.295 e. The summed E-state index contributed by atoms with van der Waals surface area (Å²) in [6.45, 7) is 0. The molecule has 0 aromatic heterocycles. The SMILES string of the molecule is COc1ccc(/C(O)=C2/C(=O)C(=O)N(C3CCCCC3)C2c2ccc(Cl)cc2)cc1Br. The Morgan fingerprint density at radius 3 is 2.39 bits per heavy atom. The number of aliphatic hydroxyl groups excluding tert-OH is 1. The number of nitrogens with zero attached hydrogens (tertiary/aromatic N) is 1. The van der Waals surface area contributed by atoms with Gasteiger partial charge in [0.2, 0.25) is 0 Å². The van der Waals surface area contributed by atoms with Crippen LogP contribution in [-0.2, 0) is 9.59 Å². The summed E-state index contributed by atoms with van der Waals surface area (Å²) in [5.74, 6) is -0.802. The fourth-order valence-electron chi connectivity index (χ4n) is 4.53. The summed E-state index contributed by atoms with van der Waals surface area (Å²) >= 11 is 9.49. The highest BCUT2D eigenvalue weighted by atomic mass is 79.9. The zero-order chi connectivity index (χ0) is 22.1. The van der Waals surface area contributed by atoms with Crippen molar-refractivity contribution in [3.8, 4) is 5.75 Å². The molecule has 1 saturated carbocycles. The summed E-state index contributed by atoms with van der Waals surface area (Å²) < 4.78 is 5.90. The average molecular weight is 505 g/mol. The van der Waals surface area contributed by atoms with E-state index in [9.17, 15) is 14.7 Å². The molecule has 1 N–H and O–H groups in total. The predicted octanol–water partition coefficient (Wildman–Crippen LogP) is 5.87. The van der Waals surface area contributed by atoms with Crippen LogP contribution in [0.2, 0.25) is 5.02 Å². The fraction of sp³-hybridized carbons (Fsp3) is 0.333. The lowest BCUT2D eigenvalue weighted by Gasteiger charge is -2.35. The van der Waals surface area contributed by atoms with E-state index in [4.69, 9.17) is 16.3 Å². The smallest absolute Gasteiger partial charge is 0.295 e. The average Bonchev–Trinajstić information content (AvgIpc) is 3.05. The molecule has 31 heavy (non-hydrogen) atoms. The van der Waals surface area contributed by atoms with E-state index < -0.39 is 17.7 Å². The van der Waals surface area contributed by atoms with Gasteiger partial charge in [0.1, 0.15) is 11.5 Å². The van der Waals surface area contributed by atoms with Crippen molar-refractivity contribution in [1.29, 1.82) is 0 Å². The lowest BCUT2D eigenvalue weighted by atomic mass is 9.91. The molecule has 0 spiro atoms. The van der Waals surface area contributed by atoms with Crippen LogP contribution in [0.3, 0.4) is 0 Å². The van der Waals surface area contributed by atoms with Gasteiger partial charge in [0.25, 0.3) is 11.7 Å². The summed E-state index contributed by atoms with van der Waals surface area (Å²) in [5.41, 5.74) is 1.30. The number of ketones is 1. The number of carbonyl (C=O) groups excluding carboxylic acids is 2. The zero-order valence-corrected chi connectivity index (χ0v) is 19.4. The Morgan fingerprint density at radius 2 is 1.77 bits per heavy atom. The van der Waals surface area contributed by atoms with Gasteiger partial charge in [0.05, 0.1) is 23.2 Å². The van der Waals surface area contributed by atoms with Crippen LogP contribution in [0.5, 0.6) is 5.75 Å². The van der Waals surface area contributed by atoms with Crippen molar-refractivity contribution in [2.45, 2.75) is 44.2 Å². The Kier molecular flexibility index (Phi) is 6.39. The molecule has 1 aliphatic heterocycles. The molecule has 1 atom stereocenters. The molecule has 2 aromatic rings. The molecular formula is C24H23BrClNO4. The first-order valence-corrected chi connectivity index (χ1v) is 11.5. The summed E-state index contributed by atoms with van der Waals surface area (Å²) in [4.78, 5) is 28.0. The Hall–Kier alpha value is -2.31. The maximum absolute atomic E-state index is 13.2. The topological polar surface area (TPSA) is 66.8 Å². The standard InChI is InChI=1S/C24H23BrClNO4/c1-31-19-12-9-15(13-18(19)25)22(28)20-21(14-7-10-16(26)11-8-14)27(24(30)23(20)29)17-5-3-2-4-6-17/h7-13,17,21,28H,2-6H2,1H3/b22-20-. The molecule has 7 heteroatoms. The molecule has 2 aromatic carbocycles. The molecule has 4 rings (SSSR count). The van der Waals surface area contributed by atoms with E-state index in [0.717, 1.165) is 37.7 Å². The molecule has 5 nitrogen and oxygen atoms in total. The number of rotatable bonds is 4. The van der Waals surface area contributed by atoms with Crippen LogP contribution in [0.15, 0.2) is 52.5 Å². The first-order valence-electron chi connectivity index (χ1n) is 10.3. The van der Waals surface area contributed by atoms with E-state index >= 15 is 0 Å². The van der Waals surface area contributed by atoms with Gasteiger partial charge in [-0.3, -0.25) is 9.59 Å². The Bertz CT molecular complexity index is 1040.